The molecule has 1 aliphatic rings. The van der Waals surface area contributed by atoms with Gasteiger partial charge < -0.3 is 10.0 Å². The van der Waals surface area contributed by atoms with Crippen molar-refractivity contribution in [3.63, 3.8) is 0 Å². The SMILES string of the molecule is O=C(c1ccc(Cl)cc1Br)N1CC[C@@H](O)C1. The fraction of sp³-hybridized carbons (Fsp3) is 0.364. The normalized spacial score (nSPS) is 20.2. The highest BCUT2D eigenvalue weighted by Crippen LogP contribution is 2.24. The summed E-state index contributed by atoms with van der Waals surface area (Å²) in [6.45, 7) is 1.02. The number of carbonyl (C=O) groups is 1. The fourth-order valence-electron chi connectivity index (χ4n) is 1.76. The van der Waals surface area contributed by atoms with Crippen LogP contribution in [0.15, 0.2) is 22.7 Å². The predicted octanol–water partition coefficient (Wildman–Crippen LogP) is 2.31. The molecule has 0 spiro atoms. The molecule has 16 heavy (non-hydrogen) atoms. The highest BCUT2D eigenvalue weighted by atomic mass is 79.9. The molecular weight excluding hydrogens is 293 g/mol. The van der Waals surface area contributed by atoms with Crippen LogP contribution in [-0.4, -0.2) is 35.1 Å². The number of hydrogen-bond donors (Lipinski definition) is 1. The largest absolute Gasteiger partial charge is 0.391 e. The maximum Gasteiger partial charge on any atom is 0.255 e. The molecule has 0 unspecified atom stereocenters. The number of hydrogen-bond acceptors (Lipinski definition) is 2. The zero-order chi connectivity index (χ0) is 11.7. The van der Waals surface area contributed by atoms with E-state index in [0.717, 1.165) is 0 Å². The van der Waals surface area contributed by atoms with Gasteiger partial charge in [0, 0.05) is 22.6 Å². The van der Waals surface area contributed by atoms with Gasteiger partial charge in [-0.1, -0.05) is 11.6 Å². The van der Waals surface area contributed by atoms with Gasteiger partial charge in [-0.2, -0.15) is 0 Å². The van der Waals surface area contributed by atoms with E-state index >= 15 is 0 Å². The topological polar surface area (TPSA) is 40.5 Å². The molecule has 0 radical (unpaired) electrons. The van der Waals surface area contributed by atoms with Crippen molar-refractivity contribution in [3.05, 3.63) is 33.3 Å². The number of halogens is 2. The van der Waals surface area contributed by atoms with Crippen molar-refractivity contribution >= 4 is 33.4 Å². The first-order valence-corrected chi connectivity index (χ1v) is 6.17. The maximum atomic E-state index is 12.1. The summed E-state index contributed by atoms with van der Waals surface area (Å²) >= 11 is 9.13. The van der Waals surface area contributed by atoms with E-state index in [1.807, 2.05) is 0 Å². The van der Waals surface area contributed by atoms with Crippen molar-refractivity contribution in [2.45, 2.75) is 12.5 Å². The van der Waals surface area contributed by atoms with E-state index < -0.39 is 6.10 Å². The molecular formula is C11H11BrClNO2. The molecule has 1 amide bonds. The first kappa shape index (κ1) is 11.9. The third kappa shape index (κ3) is 2.39. The number of aliphatic hydroxyl groups excluding tert-OH is 1. The Morgan fingerprint density at radius 2 is 2.31 bits per heavy atom. The number of rotatable bonds is 1. The molecule has 0 saturated carbocycles. The average molecular weight is 305 g/mol. The summed E-state index contributed by atoms with van der Waals surface area (Å²) < 4.78 is 0.686. The third-order valence-corrected chi connectivity index (χ3v) is 3.50. The Bertz CT molecular complexity index is 424. The lowest BCUT2D eigenvalue weighted by Crippen LogP contribution is -2.29. The van der Waals surface area contributed by atoms with Crippen molar-refractivity contribution in [1.29, 1.82) is 0 Å². The Morgan fingerprint density at radius 3 is 2.88 bits per heavy atom. The van der Waals surface area contributed by atoms with Crippen molar-refractivity contribution in [2.75, 3.05) is 13.1 Å². The monoisotopic (exact) mass is 303 g/mol. The molecule has 1 aliphatic heterocycles. The number of benzene rings is 1. The first-order valence-electron chi connectivity index (χ1n) is 5.00. The van der Waals surface area contributed by atoms with E-state index in [1.54, 1.807) is 23.1 Å². The fourth-order valence-corrected chi connectivity index (χ4v) is 2.61. The maximum absolute atomic E-state index is 12.1. The highest BCUT2D eigenvalue weighted by Gasteiger charge is 2.26. The van der Waals surface area contributed by atoms with Gasteiger partial charge in [0.2, 0.25) is 0 Å². The first-order chi connectivity index (χ1) is 7.58. The molecule has 1 aromatic rings. The summed E-state index contributed by atoms with van der Waals surface area (Å²) in [7, 11) is 0. The molecule has 1 heterocycles. The summed E-state index contributed by atoms with van der Waals surface area (Å²) in [4.78, 5) is 13.7. The van der Waals surface area contributed by atoms with E-state index in [4.69, 9.17) is 11.6 Å². The van der Waals surface area contributed by atoms with E-state index in [1.165, 1.54) is 0 Å². The van der Waals surface area contributed by atoms with Gasteiger partial charge in [-0.25, -0.2) is 0 Å². The lowest BCUT2D eigenvalue weighted by Gasteiger charge is -2.16. The lowest BCUT2D eigenvalue weighted by atomic mass is 10.2. The van der Waals surface area contributed by atoms with Gasteiger partial charge in [-0.3, -0.25) is 4.79 Å². The summed E-state index contributed by atoms with van der Waals surface area (Å²) in [6.07, 6.45) is 0.256. The quantitative estimate of drug-likeness (QED) is 0.865. The van der Waals surface area contributed by atoms with E-state index in [-0.39, 0.29) is 5.91 Å². The van der Waals surface area contributed by atoms with Gasteiger partial charge in [0.25, 0.3) is 5.91 Å². The number of β-amino-alcohol motifs (C(OH)–C–C–N with tert-alkyl or cyclic N) is 1. The van der Waals surface area contributed by atoms with Gasteiger partial charge >= 0.3 is 0 Å². The van der Waals surface area contributed by atoms with Gasteiger partial charge in [0.1, 0.15) is 0 Å². The number of carbonyl (C=O) groups excluding carboxylic acids is 1. The van der Waals surface area contributed by atoms with Crippen LogP contribution in [0.2, 0.25) is 5.02 Å². The van der Waals surface area contributed by atoms with E-state index in [9.17, 15) is 9.90 Å². The van der Waals surface area contributed by atoms with Crippen molar-refractivity contribution in [1.82, 2.24) is 4.90 Å². The molecule has 0 bridgehead atoms. The second kappa shape index (κ2) is 4.73. The van der Waals surface area contributed by atoms with Crippen molar-refractivity contribution < 1.29 is 9.90 Å². The zero-order valence-corrected chi connectivity index (χ0v) is 10.8. The predicted molar refractivity (Wildman–Crippen MR) is 65.7 cm³/mol. The molecule has 2 rings (SSSR count). The van der Waals surface area contributed by atoms with Crippen molar-refractivity contribution in [2.24, 2.45) is 0 Å². The second-order valence-electron chi connectivity index (χ2n) is 3.82. The van der Waals surface area contributed by atoms with E-state index in [2.05, 4.69) is 15.9 Å². The van der Waals surface area contributed by atoms with Crippen LogP contribution in [0.4, 0.5) is 0 Å². The van der Waals surface area contributed by atoms with Crippen LogP contribution >= 0.6 is 27.5 Å². The van der Waals surface area contributed by atoms with Crippen LogP contribution < -0.4 is 0 Å². The minimum atomic E-state index is -0.393. The van der Waals surface area contributed by atoms with Gasteiger partial charge in [0.15, 0.2) is 0 Å². The molecule has 5 heteroatoms. The minimum Gasteiger partial charge on any atom is -0.391 e. The van der Waals surface area contributed by atoms with Crippen LogP contribution in [0.1, 0.15) is 16.8 Å². The molecule has 1 fully saturated rings. The van der Waals surface area contributed by atoms with Gasteiger partial charge in [-0.05, 0) is 40.5 Å². The smallest absolute Gasteiger partial charge is 0.255 e. The number of nitrogens with zero attached hydrogens (tertiary/aromatic N) is 1. The average Bonchev–Trinajstić information content (AvgIpc) is 2.64. The molecule has 1 atom stereocenters. The Labute approximate surface area is 107 Å². The number of amides is 1. The second-order valence-corrected chi connectivity index (χ2v) is 5.11. The lowest BCUT2D eigenvalue weighted by molar-refractivity contribution is 0.0764. The Morgan fingerprint density at radius 1 is 1.56 bits per heavy atom. The van der Waals surface area contributed by atoms with Crippen LogP contribution in [0.25, 0.3) is 0 Å². The van der Waals surface area contributed by atoms with Crippen LogP contribution in [0.3, 0.4) is 0 Å². The molecule has 1 N–H and O–H groups in total. The highest BCUT2D eigenvalue weighted by molar-refractivity contribution is 9.10. The van der Waals surface area contributed by atoms with Crippen LogP contribution in [0, 0.1) is 0 Å². The summed E-state index contributed by atoms with van der Waals surface area (Å²) in [5.41, 5.74) is 0.582. The third-order valence-electron chi connectivity index (χ3n) is 2.61. The molecule has 86 valence electrons. The van der Waals surface area contributed by atoms with Gasteiger partial charge in [0.05, 0.1) is 11.7 Å². The Hall–Kier alpha value is -0.580. The van der Waals surface area contributed by atoms with Crippen molar-refractivity contribution in [3.8, 4) is 0 Å². The Kier molecular flexibility index (Phi) is 3.52. The summed E-state index contributed by atoms with van der Waals surface area (Å²) in [5, 5.41) is 9.97. The molecule has 1 saturated heterocycles. The standard InChI is InChI=1S/C11H11BrClNO2/c12-10-5-7(13)1-2-9(10)11(16)14-4-3-8(15)6-14/h1-2,5,8,15H,3-4,6H2/t8-/m1/s1. The zero-order valence-electron chi connectivity index (χ0n) is 8.49. The van der Waals surface area contributed by atoms with E-state index in [0.29, 0.717) is 34.6 Å². The Balaban J connectivity index is 2.21. The molecule has 0 aliphatic carbocycles. The summed E-state index contributed by atoms with van der Waals surface area (Å²) in [6, 6.07) is 5.08. The van der Waals surface area contributed by atoms with Gasteiger partial charge in [-0.15, -0.1) is 0 Å². The van der Waals surface area contributed by atoms with Crippen LogP contribution in [0.5, 0.6) is 0 Å². The number of likely N-dealkylation sites (tertiary alicyclic amines) is 1. The minimum absolute atomic E-state index is 0.0694. The molecule has 3 nitrogen and oxygen atoms in total. The van der Waals surface area contributed by atoms with Crippen LogP contribution in [-0.2, 0) is 0 Å². The summed E-state index contributed by atoms with van der Waals surface area (Å²) in [5.74, 6) is -0.0694. The molecule has 0 aromatic heterocycles. The number of aliphatic hydroxyl groups is 1. The molecule has 1 aromatic carbocycles.